The Morgan fingerprint density at radius 3 is 2.72 bits per heavy atom. The van der Waals surface area contributed by atoms with Gasteiger partial charge in [0, 0.05) is 23.5 Å². The van der Waals surface area contributed by atoms with Crippen molar-refractivity contribution in [3.05, 3.63) is 48.8 Å². The zero-order valence-electron chi connectivity index (χ0n) is 9.32. The highest BCUT2D eigenvalue weighted by Crippen LogP contribution is 2.24. The number of aromatic nitrogens is 3. The van der Waals surface area contributed by atoms with Crippen LogP contribution in [0, 0.1) is 0 Å². The van der Waals surface area contributed by atoms with Crippen LogP contribution in [-0.2, 0) is 0 Å². The molecule has 1 N–H and O–H groups in total. The summed E-state index contributed by atoms with van der Waals surface area (Å²) in [5.74, 6) is 1.000. The van der Waals surface area contributed by atoms with Gasteiger partial charge in [-0.1, -0.05) is 11.2 Å². The molecule has 0 spiro atoms. The van der Waals surface area contributed by atoms with Crippen molar-refractivity contribution in [1.82, 2.24) is 15.1 Å². The quantitative estimate of drug-likeness (QED) is 0.743. The molecule has 0 atom stereocenters. The zero-order valence-corrected chi connectivity index (χ0v) is 9.32. The maximum atomic E-state index is 9.40. The largest absolute Gasteiger partial charge is 0.508 e. The highest BCUT2D eigenvalue weighted by molar-refractivity contribution is 5.60. The van der Waals surface area contributed by atoms with E-state index in [2.05, 4.69) is 15.1 Å². The molecule has 5 nitrogen and oxygen atoms in total. The second-order valence-corrected chi connectivity index (χ2v) is 3.72. The molecule has 0 radical (unpaired) electrons. The van der Waals surface area contributed by atoms with Crippen LogP contribution in [0.15, 0.2) is 53.3 Å². The van der Waals surface area contributed by atoms with Crippen LogP contribution in [-0.4, -0.2) is 20.2 Å². The summed E-state index contributed by atoms with van der Waals surface area (Å²) in [6.45, 7) is 0. The summed E-state index contributed by atoms with van der Waals surface area (Å²) in [6, 6.07) is 10.3. The first kappa shape index (κ1) is 10.5. The van der Waals surface area contributed by atoms with Gasteiger partial charge < -0.3 is 9.63 Å². The topological polar surface area (TPSA) is 72.0 Å². The van der Waals surface area contributed by atoms with Gasteiger partial charge in [0.25, 0.3) is 5.89 Å². The van der Waals surface area contributed by atoms with E-state index in [4.69, 9.17) is 4.52 Å². The van der Waals surface area contributed by atoms with E-state index in [0.29, 0.717) is 17.3 Å². The minimum atomic E-state index is 0.161. The fourth-order valence-corrected chi connectivity index (χ4v) is 1.59. The molecule has 5 heteroatoms. The predicted molar refractivity (Wildman–Crippen MR) is 64.6 cm³/mol. The fraction of sp³-hybridized carbons (Fsp3) is 0. The first-order valence-electron chi connectivity index (χ1n) is 5.36. The molecule has 0 saturated heterocycles. The summed E-state index contributed by atoms with van der Waals surface area (Å²) in [4.78, 5) is 8.26. The van der Waals surface area contributed by atoms with Crippen molar-refractivity contribution < 1.29 is 9.63 Å². The number of hydrogen-bond donors (Lipinski definition) is 1. The Labute approximate surface area is 103 Å². The van der Waals surface area contributed by atoms with E-state index in [0.717, 1.165) is 5.56 Å². The van der Waals surface area contributed by atoms with Crippen molar-refractivity contribution in [1.29, 1.82) is 0 Å². The minimum absolute atomic E-state index is 0.161. The SMILES string of the molecule is Oc1cccc(-c2nc(-c3cccnc3)no2)c1. The molecule has 1 aromatic carbocycles. The maximum Gasteiger partial charge on any atom is 0.258 e. The van der Waals surface area contributed by atoms with Gasteiger partial charge in [0.2, 0.25) is 5.82 Å². The highest BCUT2D eigenvalue weighted by atomic mass is 16.5. The Bertz CT molecular complexity index is 665. The van der Waals surface area contributed by atoms with Gasteiger partial charge in [0.1, 0.15) is 5.75 Å². The number of rotatable bonds is 2. The normalized spacial score (nSPS) is 10.4. The van der Waals surface area contributed by atoms with E-state index >= 15 is 0 Å². The third kappa shape index (κ3) is 1.93. The Balaban J connectivity index is 2.00. The molecule has 18 heavy (non-hydrogen) atoms. The monoisotopic (exact) mass is 239 g/mol. The lowest BCUT2D eigenvalue weighted by molar-refractivity contribution is 0.431. The zero-order chi connectivity index (χ0) is 12.4. The van der Waals surface area contributed by atoms with Crippen LogP contribution in [0.3, 0.4) is 0 Å². The van der Waals surface area contributed by atoms with Crippen LogP contribution < -0.4 is 0 Å². The Morgan fingerprint density at radius 1 is 1.06 bits per heavy atom. The molecule has 0 unspecified atom stereocenters. The molecule has 3 rings (SSSR count). The van der Waals surface area contributed by atoms with Crippen LogP contribution in [0.1, 0.15) is 0 Å². The summed E-state index contributed by atoms with van der Waals surface area (Å²) in [7, 11) is 0. The molecular formula is C13H9N3O2. The summed E-state index contributed by atoms with van der Waals surface area (Å²) < 4.78 is 5.16. The maximum absolute atomic E-state index is 9.40. The number of nitrogens with zero attached hydrogens (tertiary/aromatic N) is 3. The standard InChI is InChI=1S/C13H9N3O2/c17-11-5-1-3-9(7-11)13-15-12(16-18-13)10-4-2-6-14-8-10/h1-8,17H. The Kier molecular flexibility index (Phi) is 2.49. The summed E-state index contributed by atoms with van der Waals surface area (Å²) >= 11 is 0. The average molecular weight is 239 g/mol. The van der Waals surface area contributed by atoms with Gasteiger partial charge in [-0.05, 0) is 30.3 Å². The first-order valence-corrected chi connectivity index (χ1v) is 5.36. The van der Waals surface area contributed by atoms with E-state index < -0.39 is 0 Å². The van der Waals surface area contributed by atoms with Crippen molar-refractivity contribution >= 4 is 0 Å². The Morgan fingerprint density at radius 2 is 1.94 bits per heavy atom. The molecule has 0 fully saturated rings. The van der Waals surface area contributed by atoms with Gasteiger partial charge >= 0.3 is 0 Å². The third-order valence-electron chi connectivity index (χ3n) is 2.44. The molecule has 0 saturated carbocycles. The Hall–Kier alpha value is -2.69. The van der Waals surface area contributed by atoms with E-state index in [1.165, 1.54) is 0 Å². The van der Waals surface area contributed by atoms with E-state index in [-0.39, 0.29) is 5.75 Å². The molecule has 0 aliphatic carbocycles. The first-order chi connectivity index (χ1) is 8.83. The van der Waals surface area contributed by atoms with Crippen LogP contribution in [0.2, 0.25) is 0 Å². The van der Waals surface area contributed by atoms with Crippen molar-refractivity contribution in [3.63, 3.8) is 0 Å². The van der Waals surface area contributed by atoms with Crippen LogP contribution in [0.25, 0.3) is 22.8 Å². The lowest BCUT2D eigenvalue weighted by atomic mass is 10.2. The van der Waals surface area contributed by atoms with Crippen molar-refractivity contribution in [2.24, 2.45) is 0 Å². The van der Waals surface area contributed by atoms with Crippen molar-refractivity contribution in [2.45, 2.75) is 0 Å². The average Bonchev–Trinajstić information content (AvgIpc) is 2.89. The third-order valence-corrected chi connectivity index (χ3v) is 2.44. The number of phenolic OH excluding ortho intramolecular Hbond substituents is 1. The molecule has 2 heterocycles. The summed E-state index contributed by atoms with van der Waals surface area (Å²) in [5, 5.41) is 13.3. The minimum Gasteiger partial charge on any atom is -0.508 e. The number of aromatic hydroxyl groups is 1. The van der Waals surface area contributed by atoms with E-state index in [9.17, 15) is 5.11 Å². The van der Waals surface area contributed by atoms with Crippen LogP contribution in [0.4, 0.5) is 0 Å². The molecule has 0 aliphatic rings. The second kappa shape index (κ2) is 4.29. The predicted octanol–water partition coefficient (Wildman–Crippen LogP) is 2.50. The van der Waals surface area contributed by atoms with Gasteiger partial charge in [-0.2, -0.15) is 4.98 Å². The molecule has 88 valence electrons. The van der Waals surface area contributed by atoms with Crippen LogP contribution in [0.5, 0.6) is 5.75 Å². The van der Waals surface area contributed by atoms with Gasteiger partial charge in [-0.25, -0.2) is 0 Å². The molecule has 0 amide bonds. The molecule has 2 aromatic heterocycles. The van der Waals surface area contributed by atoms with Gasteiger partial charge in [-0.15, -0.1) is 0 Å². The smallest absolute Gasteiger partial charge is 0.258 e. The van der Waals surface area contributed by atoms with Crippen molar-refractivity contribution in [2.75, 3.05) is 0 Å². The lowest BCUT2D eigenvalue weighted by Crippen LogP contribution is -1.82. The summed E-state index contributed by atoms with van der Waals surface area (Å²) in [6.07, 6.45) is 3.34. The van der Waals surface area contributed by atoms with Gasteiger partial charge in [-0.3, -0.25) is 4.98 Å². The summed E-state index contributed by atoms with van der Waals surface area (Å²) in [5.41, 5.74) is 1.46. The van der Waals surface area contributed by atoms with Crippen molar-refractivity contribution in [3.8, 4) is 28.6 Å². The van der Waals surface area contributed by atoms with Crippen LogP contribution >= 0.6 is 0 Å². The van der Waals surface area contributed by atoms with E-state index in [1.807, 2.05) is 6.07 Å². The molecule has 3 aromatic rings. The van der Waals surface area contributed by atoms with Gasteiger partial charge in [0.15, 0.2) is 0 Å². The highest BCUT2D eigenvalue weighted by Gasteiger charge is 2.10. The lowest BCUT2D eigenvalue weighted by Gasteiger charge is -1.94. The van der Waals surface area contributed by atoms with E-state index in [1.54, 1.807) is 42.7 Å². The van der Waals surface area contributed by atoms with Gasteiger partial charge in [0.05, 0.1) is 0 Å². The fourth-order valence-electron chi connectivity index (χ4n) is 1.59. The second-order valence-electron chi connectivity index (χ2n) is 3.72. The molecule has 0 bridgehead atoms. The molecular weight excluding hydrogens is 230 g/mol. The molecule has 0 aliphatic heterocycles. The number of benzene rings is 1. The number of pyridine rings is 1. The number of phenols is 1. The number of hydrogen-bond acceptors (Lipinski definition) is 5.